The van der Waals surface area contributed by atoms with Gasteiger partial charge in [0.1, 0.15) is 0 Å². The van der Waals surface area contributed by atoms with E-state index in [1.165, 1.54) is 6.42 Å². The topological polar surface area (TPSA) is 27.6 Å². The third-order valence-corrected chi connectivity index (χ3v) is 3.34. The Morgan fingerprint density at radius 1 is 1.37 bits per heavy atom. The van der Waals surface area contributed by atoms with Crippen molar-refractivity contribution in [3.05, 3.63) is 0 Å². The molecule has 1 saturated heterocycles. The van der Waals surface area contributed by atoms with Crippen LogP contribution in [0.2, 0.25) is 0 Å². The number of piperidine rings is 1. The molecule has 1 atom stereocenters. The molecular formula is C13H24F3N3. The van der Waals surface area contributed by atoms with E-state index < -0.39 is 12.6 Å². The van der Waals surface area contributed by atoms with E-state index in [9.17, 15) is 13.2 Å². The number of nitrogens with zero attached hydrogens (tertiary/aromatic N) is 2. The van der Waals surface area contributed by atoms with Gasteiger partial charge in [0.05, 0.1) is 0 Å². The maximum Gasteiger partial charge on any atom is 0.389 e. The Labute approximate surface area is 113 Å². The van der Waals surface area contributed by atoms with E-state index in [0.29, 0.717) is 18.9 Å². The summed E-state index contributed by atoms with van der Waals surface area (Å²) < 4.78 is 36.0. The molecule has 1 rings (SSSR count). The van der Waals surface area contributed by atoms with Crippen LogP contribution in [0.5, 0.6) is 0 Å². The largest absolute Gasteiger partial charge is 0.389 e. The van der Waals surface area contributed by atoms with Gasteiger partial charge in [-0.25, -0.2) is 0 Å². The Balaban J connectivity index is 2.22. The lowest BCUT2D eigenvalue weighted by Crippen LogP contribution is -2.46. The molecule has 0 aliphatic carbocycles. The van der Waals surface area contributed by atoms with Gasteiger partial charge in [-0.3, -0.25) is 4.99 Å². The maximum absolute atomic E-state index is 12.0. The number of nitrogens with one attached hydrogen (secondary N) is 1. The van der Waals surface area contributed by atoms with Crippen molar-refractivity contribution in [3.8, 4) is 0 Å². The summed E-state index contributed by atoms with van der Waals surface area (Å²) in [5.41, 5.74) is 0. The van der Waals surface area contributed by atoms with Gasteiger partial charge in [0.2, 0.25) is 0 Å². The fraction of sp³-hybridized carbons (Fsp3) is 0.923. The summed E-state index contributed by atoms with van der Waals surface area (Å²) in [5, 5.41) is 3.15. The Hall–Kier alpha value is -0.940. The van der Waals surface area contributed by atoms with Crippen molar-refractivity contribution in [1.82, 2.24) is 10.2 Å². The maximum atomic E-state index is 12.0. The zero-order valence-corrected chi connectivity index (χ0v) is 11.8. The molecule has 0 bridgehead atoms. The van der Waals surface area contributed by atoms with E-state index in [0.717, 1.165) is 25.5 Å². The summed E-state index contributed by atoms with van der Waals surface area (Å²) in [6.07, 6.45) is -1.67. The van der Waals surface area contributed by atoms with Crippen molar-refractivity contribution in [2.24, 2.45) is 10.9 Å². The number of rotatable bonds is 4. The van der Waals surface area contributed by atoms with E-state index >= 15 is 0 Å². The molecule has 112 valence electrons. The lowest BCUT2D eigenvalue weighted by molar-refractivity contribution is -0.135. The first-order valence-electron chi connectivity index (χ1n) is 6.94. The van der Waals surface area contributed by atoms with Crippen LogP contribution in [0.25, 0.3) is 0 Å². The molecule has 0 aromatic carbocycles. The summed E-state index contributed by atoms with van der Waals surface area (Å²) in [4.78, 5) is 6.39. The number of guanidine groups is 1. The molecule has 0 aromatic heterocycles. The molecule has 19 heavy (non-hydrogen) atoms. The molecular weight excluding hydrogens is 255 g/mol. The molecule has 0 amide bonds. The van der Waals surface area contributed by atoms with Crippen LogP contribution in [0.15, 0.2) is 4.99 Å². The minimum atomic E-state index is -4.04. The van der Waals surface area contributed by atoms with E-state index in [4.69, 9.17) is 0 Å². The van der Waals surface area contributed by atoms with Crippen LogP contribution in [0.1, 0.15) is 39.0 Å². The number of alkyl halides is 3. The molecule has 0 spiro atoms. The van der Waals surface area contributed by atoms with Crippen LogP contribution in [0.4, 0.5) is 13.2 Å². The first kappa shape index (κ1) is 16.1. The Kier molecular flexibility index (Phi) is 6.45. The highest BCUT2D eigenvalue weighted by molar-refractivity contribution is 5.79. The predicted molar refractivity (Wildman–Crippen MR) is 71.2 cm³/mol. The standard InChI is InChI=1S/C13H24F3N3/c1-11-6-5-9-19(10-11)12(17-2)18-8-4-3-7-13(14,15)16/h11H,3-10H2,1-2H3,(H,17,18). The minimum absolute atomic E-state index is 0.171. The van der Waals surface area contributed by atoms with Crippen LogP contribution < -0.4 is 5.32 Å². The van der Waals surface area contributed by atoms with Crippen LogP contribution in [-0.4, -0.2) is 43.7 Å². The monoisotopic (exact) mass is 279 g/mol. The lowest BCUT2D eigenvalue weighted by Gasteiger charge is -2.33. The first-order valence-corrected chi connectivity index (χ1v) is 6.94. The zero-order valence-electron chi connectivity index (χ0n) is 11.8. The summed E-state index contributed by atoms with van der Waals surface area (Å²) in [7, 11) is 1.72. The van der Waals surface area contributed by atoms with Crippen molar-refractivity contribution in [1.29, 1.82) is 0 Å². The fourth-order valence-electron chi connectivity index (χ4n) is 2.36. The highest BCUT2D eigenvalue weighted by Gasteiger charge is 2.25. The van der Waals surface area contributed by atoms with Crippen LogP contribution in [0, 0.1) is 5.92 Å². The second-order valence-electron chi connectivity index (χ2n) is 5.24. The van der Waals surface area contributed by atoms with Gasteiger partial charge in [-0.15, -0.1) is 0 Å². The highest BCUT2D eigenvalue weighted by atomic mass is 19.4. The van der Waals surface area contributed by atoms with Gasteiger partial charge in [0, 0.05) is 33.1 Å². The molecule has 0 saturated carbocycles. The van der Waals surface area contributed by atoms with Crippen molar-refractivity contribution in [2.75, 3.05) is 26.7 Å². The van der Waals surface area contributed by atoms with Gasteiger partial charge in [-0.05, 0) is 31.6 Å². The number of likely N-dealkylation sites (tertiary alicyclic amines) is 1. The van der Waals surface area contributed by atoms with Crippen LogP contribution >= 0.6 is 0 Å². The molecule has 1 unspecified atom stereocenters. The van der Waals surface area contributed by atoms with Gasteiger partial charge in [0.15, 0.2) is 5.96 Å². The molecule has 1 aliphatic heterocycles. The van der Waals surface area contributed by atoms with Gasteiger partial charge >= 0.3 is 6.18 Å². The summed E-state index contributed by atoms with van der Waals surface area (Å²) in [6, 6.07) is 0. The molecule has 0 aromatic rings. The molecule has 1 fully saturated rings. The third kappa shape index (κ3) is 6.68. The van der Waals surface area contributed by atoms with Gasteiger partial charge in [-0.2, -0.15) is 13.2 Å². The molecule has 0 radical (unpaired) electrons. The quantitative estimate of drug-likeness (QED) is 0.486. The van der Waals surface area contributed by atoms with Crippen molar-refractivity contribution in [3.63, 3.8) is 0 Å². The number of hydrogen-bond donors (Lipinski definition) is 1. The van der Waals surface area contributed by atoms with Gasteiger partial charge in [-0.1, -0.05) is 6.92 Å². The Morgan fingerprint density at radius 3 is 2.68 bits per heavy atom. The van der Waals surface area contributed by atoms with Gasteiger partial charge < -0.3 is 10.2 Å². The SMILES string of the molecule is CN=C(NCCCCC(F)(F)F)N1CCCC(C)C1. The highest BCUT2D eigenvalue weighted by Crippen LogP contribution is 2.21. The molecule has 6 heteroatoms. The summed E-state index contributed by atoms with van der Waals surface area (Å²) >= 11 is 0. The van der Waals surface area contributed by atoms with E-state index in [1.54, 1.807) is 7.05 Å². The van der Waals surface area contributed by atoms with Crippen molar-refractivity contribution < 1.29 is 13.2 Å². The normalized spacial score (nSPS) is 21.6. The van der Waals surface area contributed by atoms with E-state index in [1.807, 2.05) is 0 Å². The fourth-order valence-corrected chi connectivity index (χ4v) is 2.36. The van der Waals surface area contributed by atoms with Crippen LogP contribution in [0.3, 0.4) is 0 Å². The number of aliphatic imine (C=N–C) groups is 1. The molecule has 3 nitrogen and oxygen atoms in total. The first-order chi connectivity index (χ1) is 8.92. The molecule has 1 heterocycles. The lowest BCUT2D eigenvalue weighted by atomic mass is 10.0. The number of unbranched alkanes of at least 4 members (excludes halogenated alkanes) is 1. The minimum Gasteiger partial charge on any atom is -0.356 e. The second kappa shape index (κ2) is 7.60. The van der Waals surface area contributed by atoms with Gasteiger partial charge in [0.25, 0.3) is 0 Å². The molecule has 1 N–H and O–H groups in total. The smallest absolute Gasteiger partial charge is 0.356 e. The predicted octanol–water partition coefficient (Wildman–Crippen LogP) is 3.03. The van der Waals surface area contributed by atoms with Crippen molar-refractivity contribution >= 4 is 5.96 Å². The van der Waals surface area contributed by atoms with E-state index in [2.05, 4.69) is 22.1 Å². The van der Waals surface area contributed by atoms with E-state index in [-0.39, 0.29) is 6.42 Å². The second-order valence-corrected chi connectivity index (χ2v) is 5.24. The number of hydrogen-bond acceptors (Lipinski definition) is 1. The van der Waals surface area contributed by atoms with Crippen LogP contribution in [-0.2, 0) is 0 Å². The number of halogens is 3. The molecule has 1 aliphatic rings. The Morgan fingerprint density at radius 2 is 2.11 bits per heavy atom. The summed E-state index contributed by atoms with van der Waals surface area (Å²) in [6.45, 7) is 4.71. The summed E-state index contributed by atoms with van der Waals surface area (Å²) in [5.74, 6) is 1.47. The zero-order chi connectivity index (χ0) is 14.3. The average Bonchev–Trinajstić information content (AvgIpc) is 2.32. The average molecular weight is 279 g/mol. The Bertz CT molecular complexity index is 289. The van der Waals surface area contributed by atoms with Crippen molar-refractivity contribution in [2.45, 2.75) is 45.2 Å². The third-order valence-electron chi connectivity index (χ3n) is 3.34.